The monoisotopic (exact) mass is 289 g/mol. The Balaban J connectivity index is 1.59. The molecule has 3 N–H and O–H groups in total. The summed E-state index contributed by atoms with van der Waals surface area (Å²) in [7, 11) is 1.56. The second-order valence-electron chi connectivity index (χ2n) is 5.97. The quantitative estimate of drug-likeness (QED) is 0.827. The fourth-order valence-corrected chi connectivity index (χ4v) is 3.01. The lowest BCUT2D eigenvalue weighted by Crippen LogP contribution is -2.45. The van der Waals surface area contributed by atoms with E-state index in [2.05, 4.69) is 10.2 Å². The number of hydrogen-bond donors (Lipinski definition) is 2. The molecule has 2 fully saturated rings. The maximum atomic E-state index is 12.4. The lowest BCUT2D eigenvalue weighted by molar-refractivity contribution is 0.0906. The van der Waals surface area contributed by atoms with Gasteiger partial charge in [0.2, 0.25) is 0 Å². The zero-order chi connectivity index (χ0) is 14.8. The van der Waals surface area contributed by atoms with Gasteiger partial charge in [0.05, 0.1) is 12.7 Å². The van der Waals surface area contributed by atoms with Gasteiger partial charge in [-0.15, -0.1) is 0 Å². The van der Waals surface area contributed by atoms with E-state index in [1.54, 1.807) is 25.3 Å². The third-order valence-electron chi connectivity index (χ3n) is 4.40. The summed E-state index contributed by atoms with van der Waals surface area (Å²) in [5.74, 6) is 0.458. The first-order valence-electron chi connectivity index (χ1n) is 7.66. The molecule has 1 saturated heterocycles. The van der Waals surface area contributed by atoms with Crippen molar-refractivity contribution in [2.75, 3.05) is 25.9 Å². The van der Waals surface area contributed by atoms with Crippen LogP contribution in [0.15, 0.2) is 18.2 Å². The van der Waals surface area contributed by atoms with Gasteiger partial charge in [-0.25, -0.2) is 0 Å². The zero-order valence-corrected chi connectivity index (χ0v) is 12.5. The molecule has 0 atom stereocenters. The second kappa shape index (κ2) is 5.93. The standard InChI is InChI=1S/C16H23N3O2/c1-21-15-10-11(17)2-5-14(15)16(20)18-12-6-8-19(9-7-12)13-3-4-13/h2,5,10,12-13H,3-4,6-9,17H2,1H3,(H,18,20). The van der Waals surface area contributed by atoms with E-state index in [0.29, 0.717) is 17.0 Å². The van der Waals surface area contributed by atoms with Gasteiger partial charge >= 0.3 is 0 Å². The fourth-order valence-electron chi connectivity index (χ4n) is 3.01. The summed E-state index contributed by atoms with van der Waals surface area (Å²) >= 11 is 0. The van der Waals surface area contributed by atoms with Crippen molar-refractivity contribution in [2.24, 2.45) is 0 Å². The number of methoxy groups -OCH3 is 1. The van der Waals surface area contributed by atoms with Crippen molar-refractivity contribution in [1.29, 1.82) is 0 Å². The van der Waals surface area contributed by atoms with Gasteiger partial charge in [0, 0.05) is 36.9 Å². The first-order valence-corrected chi connectivity index (χ1v) is 7.66. The molecule has 1 amide bonds. The number of hydrogen-bond acceptors (Lipinski definition) is 4. The Bertz CT molecular complexity index is 520. The molecule has 0 spiro atoms. The topological polar surface area (TPSA) is 67.6 Å². The van der Waals surface area contributed by atoms with E-state index < -0.39 is 0 Å². The van der Waals surface area contributed by atoms with E-state index in [1.165, 1.54) is 12.8 Å². The Kier molecular flexibility index (Phi) is 4.01. The molecule has 0 unspecified atom stereocenters. The number of rotatable bonds is 4. The molecule has 5 heteroatoms. The molecular formula is C16H23N3O2. The van der Waals surface area contributed by atoms with Crippen molar-refractivity contribution in [3.05, 3.63) is 23.8 Å². The normalized spacial score (nSPS) is 20.2. The van der Waals surface area contributed by atoms with Gasteiger partial charge in [0.1, 0.15) is 5.75 Å². The molecule has 1 aromatic rings. The SMILES string of the molecule is COc1cc(N)ccc1C(=O)NC1CCN(C2CC2)CC1. The third kappa shape index (κ3) is 3.29. The van der Waals surface area contributed by atoms with Crippen LogP contribution in [0.2, 0.25) is 0 Å². The highest BCUT2D eigenvalue weighted by Gasteiger charge is 2.32. The second-order valence-corrected chi connectivity index (χ2v) is 5.97. The average Bonchev–Trinajstić information content (AvgIpc) is 3.32. The molecule has 1 saturated carbocycles. The summed E-state index contributed by atoms with van der Waals surface area (Å²) in [4.78, 5) is 14.9. The summed E-state index contributed by atoms with van der Waals surface area (Å²) in [6.07, 6.45) is 4.75. The van der Waals surface area contributed by atoms with Gasteiger partial charge in [-0.2, -0.15) is 0 Å². The van der Waals surface area contributed by atoms with E-state index in [0.717, 1.165) is 32.0 Å². The molecule has 21 heavy (non-hydrogen) atoms. The summed E-state index contributed by atoms with van der Waals surface area (Å²) < 4.78 is 5.24. The van der Waals surface area contributed by atoms with Gasteiger partial charge in [-0.1, -0.05) is 0 Å². The molecule has 1 aliphatic heterocycles. The molecule has 3 rings (SSSR count). The first-order chi connectivity index (χ1) is 10.2. The van der Waals surface area contributed by atoms with E-state index in [-0.39, 0.29) is 11.9 Å². The largest absolute Gasteiger partial charge is 0.496 e. The highest BCUT2D eigenvalue weighted by atomic mass is 16.5. The number of benzene rings is 1. The van der Waals surface area contributed by atoms with Gasteiger partial charge in [-0.05, 0) is 37.8 Å². The van der Waals surface area contributed by atoms with Crippen LogP contribution in [0.5, 0.6) is 5.75 Å². The zero-order valence-electron chi connectivity index (χ0n) is 12.5. The molecule has 1 aromatic carbocycles. The summed E-state index contributed by atoms with van der Waals surface area (Å²) in [6.45, 7) is 2.18. The maximum Gasteiger partial charge on any atom is 0.255 e. The minimum atomic E-state index is -0.0725. The van der Waals surface area contributed by atoms with Crippen LogP contribution in [0, 0.1) is 0 Å². The lowest BCUT2D eigenvalue weighted by Gasteiger charge is -2.32. The number of nitrogen functional groups attached to an aromatic ring is 1. The molecule has 2 aliphatic rings. The van der Waals surface area contributed by atoms with Crippen molar-refractivity contribution in [1.82, 2.24) is 10.2 Å². The number of anilines is 1. The van der Waals surface area contributed by atoms with Gasteiger partial charge in [-0.3, -0.25) is 4.79 Å². The highest BCUT2D eigenvalue weighted by molar-refractivity contribution is 5.97. The Labute approximate surface area is 125 Å². The molecule has 0 aromatic heterocycles. The summed E-state index contributed by atoms with van der Waals surface area (Å²) in [6, 6.07) is 6.22. The van der Waals surface area contributed by atoms with Crippen LogP contribution in [0.1, 0.15) is 36.0 Å². The molecular weight excluding hydrogens is 266 g/mol. The number of piperidine rings is 1. The number of carbonyl (C=O) groups excluding carboxylic acids is 1. The van der Waals surface area contributed by atoms with Crippen LogP contribution in [0.4, 0.5) is 5.69 Å². The van der Waals surface area contributed by atoms with Crippen molar-refractivity contribution >= 4 is 11.6 Å². The Morgan fingerprint density at radius 2 is 2.00 bits per heavy atom. The van der Waals surface area contributed by atoms with Crippen molar-refractivity contribution in [3.63, 3.8) is 0 Å². The molecule has 1 aliphatic carbocycles. The van der Waals surface area contributed by atoms with Crippen LogP contribution in [0.3, 0.4) is 0 Å². The molecule has 1 heterocycles. The molecule has 0 bridgehead atoms. The van der Waals surface area contributed by atoms with Crippen LogP contribution in [0.25, 0.3) is 0 Å². The predicted molar refractivity (Wildman–Crippen MR) is 82.5 cm³/mol. The van der Waals surface area contributed by atoms with Crippen molar-refractivity contribution in [2.45, 2.75) is 37.8 Å². The number of nitrogens with one attached hydrogen (secondary N) is 1. The van der Waals surface area contributed by atoms with E-state index in [4.69, 9.17) is 10.5 Å². The van der Waals surface area contributed by atoms with E-state index >= 15 is 0 Å². The smallest absolute Gasteiger partial charge is 0.255 e. The Morgan fingerprint density at radius 1 is 1.29 bits per heavy atom. The van der Waals surface area contributed by atoms with Crippen LogP contribution < -0.4 is 15.8 Å². The van der Waals surface area contributed by atoms with E-state index in [1.807, 2.05) is 0 Å². The Morgan fingerprint density at radius 3 is 2.62 bits per heavy atom. The third-order valence-corrected chi connectivity index (χ3v) is 4.40. The molecule has 114 valence electrons. The van der Waals surface area contributed by atoms with E-state index in [9.17, 15) is 4.79 Å². The molecule has 5 nitrogen and oxygen atoms in total. The highest BCUT2D eigenvalue weighted by Crippen LogP contribution is 2.29. The number of nitrogens with two attached hydrogens (primary N) is 1. The number of ether oxygens (including phenoxy) is 1. The minimum absolute atomic E-state index is 0.0725. The first kappa shape index (κ1) is 14.2. The minimum Gasteiger partial charge on any atom is -0.496 e. The van der Waals surface area contributed by atoms with Crippen LogP contribution >= 0.6 is 0 Å². The predicted octanol–water partition coefficient (Wildman–Crippen LogP) is 1.63. The number of amides is 1. The number of likely N-dealkylation sites (tertiary alicyclic amines) is 1. The van der Waals surface area contributed by atoms with Gasteiger partial charge < -0.3 is 20.7 Å². The number of carbonyl (C=O) groups is 1. The maximum absolute atomic E-state index is 12.4. The molecule has 0 radical (unpaired) electrons. The average molecular weight is 289 g/mol. The van der Waals surface area contributed by atoms with Crippen molar-refractivity contribution < 1.29 is 9.53 Å². The lowest BCUT2D eigenvalue weighted by atomic mass is 10.0. The fraction of sp³-hybridized carbons (Fsp3) is 0.562. The summed E-state index contributed by atoms with van der Waals surface area (Å²) in [5, 5.41) is 3.12. The van der Waals surface area contributed by atoms with Crippen LogP contribution in [-0.4, -0.2) is 43.1 Å². The Hall–Kier alpha value is -1.75. The van der Waals surface area contributed by atoms with Crippen LogP contribution in [-0.2, 0) is 0 Å². The number of nitrogens with zero attached hydrogens (tertiary/aromatic N) is 1. The van der Waals surface area contributed by atoms with Gasteiger partial charge in [0.15, 0.2) is 0 Å². The van der Waals surface area contributed by atoms with Crippen molar-refractivity contribution in [3.8, 4) is 5.75 Å². The summed E-state index contributed by atoms with van der Waals surface area (Å²) in [5.41, 5.74) is 6.87. The van der Waals surface area contributed by atoms with Gasteiger partial charge in [0.25, 0.3) is 5.91 Å².